The Labute approximate surface area is 47.6 Å². The molecule has 0 saturated carbocycles. The van der Waals surface area contributed by atoms with Crippen LogP contribution in [-0.2, 0) is 19.6 Å². The summed E-state index contributed by atoms with van der Waals surface area (Å²) in [6, 6.07) is 0. The van der Waals surface area contributed by atoms with Gasteiger partial charge in [0.05, 0.1) is 8.39 Å². The Morgan fingerprint density at radius 2 is 2.50 bits per heavy atom. The fourth-order valence-electron chi connectivity index (χ4n) is 0.105. The smallest absolute Gasteiger partial charge is 0.0710 e. The highest BCUT2D eigenvalue weighted by molar-refractivity contribution is 8.77. The summed E-state index contributed by atoms with van der Waals surface area (Å²) in [7, 11) is -0.0404. The van der Waals surface area contributed by atoms with Gasteiger partial charge in [-0.3, -0.25) is 0 Å². The Morgan fingerprint density at radius 1 is 2.00 bits per heavy atom. The lowest BCUT2D eigenvalue weighted by Gasteiger charge is -1.75. The summed E-state index contributed by atoms with van der Waals surface area (Å²) in [5.41, 5.74) is 0. The Bertz CT molecular complexity index is 76.8. The number of hydrogen-bond donors (Lipinski definition) is 1. The van der Waals surface area contributed by atoms with Crippen LogP contribution in [0.3, 0.4) is 0 Å². The zero-order valence-electron chi connectivity index (χ0n) is 3.38. The molecule has 0 radical (unpaired) electrons. The van der Waals surface area contributed by atoms with Gasteiger partial charge in [0, 0.05) is 5.75 Å². The van der Waals surface area contributed by atoms with Gasteiger partial charge in [0.1, 0.15) is 0 Å². The molecule has 0 rings (SSSR count). The second-order valence-corrected chi connectivity index (χ2v) is 5.38. The predicted octanol–water partition coefficient (Wildman–Crippen LogP) is 0.597. The fourth-order valence-corrected chi connectivity index (χ4v) is 1.90. The van der Waals surface area contributed by atoms with E-state index >= 15 is 0 Å². The van der Waals surface area contributed by atoms with Gasteiger partial charge in [-0.1, -0.05) is 17.7 Å². The molecule has 0 heterocycles. The maximum Gasteiger partial charge on any atom is 0.0710 e. The van der Waals surface area contributed by atoms with Crippen molar-refractivity contribution in [2.75, 3.05) is 5.75 Å². The van der Waals surface area contributed by atoms with Crippen molar-refractivity contribution in [3.8, 4) is 0 Å². The Hall–Kier alpha value is 0.720. The minimum absolute atomic E-state index is 0.860. The van der Waals surface area contributed by atoms with Crippen LogP contribution in [0.5, 0.6) is 0 Å². The molecule has 0 N–H and O–H groups in total. The van der Waals surface area contributed by atoms with Gasteiger partial charge in [-0.2, -0.15) is 0 Å². The average molecular weight is 142 g/mol. The normalized spacial score (nSPS) is 14.2. The Morgan fingerprint density at radius 3 is 2.50 bits per heavy atom. The van der Waals surface area contributed by atoms with Crippen molar-refractivity contribution in [3.63, 3.8) is 0 Å². The summed E-state index contributed by atoms with van der Waals surface area (Å²) in [6.07, 6.45) is 0. The Kier molecular flexibility index (Phi) is 4.36. The van der Waals surface area contributed by atoms with Crippen molar-refractivity contribution >= 4 is 30.4 Å². The molecule has 1 unspecified atom stereocenters. The van der Waals surface area contributed by atoms with Crippen LogP contribution in [0.2, 0.25) is 0 Å². The zero-order valence-corrected chi connectivity index (χ0v) is 5.91. The summed E-state index contributed by atoms with van der Waals surface area (Å²) < 4.78 is 9.97. The van der Waals surface area contributed by atoms with Crippen LogP contribution < -0.4 is 0 Å². The zero-order chi connectivity index (χ0) is 4.99. The van der Waals surface area contributed by atoms with Crippen LogP contribution in [0.1, 0.15) is 6.92 Å². The van der Waals surface area contributed by atoms with E-state index in [9.17, 15) is 4.21 Å². The quantitative estimate of drug-likeness (QED) is 0.449. The third-order valence-corrected chi connectivity index (χ3v) is 3.06. The van der Waals surface area contributed by atoms with Gasteiger partial charge in [0.15, 0.2) is 0 Å². The number of hydrogen-bond acceptors (Lipinski definition) is 3. The van der Waals surface area contributed by atoms with E-state index in [-0.39, 0.29) is 0 Å². The standard InChI is InChI=1S/C2H6OS3/c1-2-5-6(3)4/h6H,2H2,1H3. The number of rotatable bonds is 2. The number of thiol groups is 1. The Balaban J connectivity index is 3.07. The molecule has 0 spiro atoms. The molecule has 4 heteroatoms. The molecule has 0 aliphatic rings. The molecule has 38 valence electrons. The third-order valence-electron chi connectivity index (χ3n) is 0.235. The molecule has 0 fully saturated rings. The van der Waals surface area contributed by atoms with Crippen molar-refractivity contribution in [3.05, 3.63) is 0 Å². The van der Waals surface area contributed by atoms with E-state index in [2.05, 4.69) is 11.2 Å². The van der Waals surface area contributed by atoms with E-state index in [1.807, 2.05) is 6.92 Å². The second-order valence-electron chi connectivity index (χ2n) is 0.641. The maximum absolute atomic E-state index is 9.97. The second kappa shape index (κ2) is 3.89. The van der Waals surface area contributed by atoms with Crippen molar-refractivity contribution in [2.45, 2.75) is 6.92 Å². The molecule has 0 aliphatic heterocycles. The molecule has 0 saturated heterocycles. The SMILES string of the molecule is CCS[SH](=O)=S. The lowest BCUT2D eigenvalue weighted by atomic mass is 11.0. The van der Waals surface area contributed by atoms with Crippen molar-refractivity contribution in [2.24, 2.45) is 0 Å². The highest BCUT2D eigenvalue weighted by Crippen LogP contribution is 1.95. The minimum Gasteiger partial charge on any atom is -0.249 e. The van der Waals surface area contributed by atoms with Gasteiger partial charge in [0.2, 0.25) is 0 Å². The van der Waals surface area contributed by atoms with Crippen LogP contribution >= 0.6 is 10.8 Å². The molecule has 1 nitrogen and oxygen atoms in total. The summed E-state index contributed by atoms with van der Waals surface area (Å²) in [4.78, 5) is 0. The largest absolute Gasteiger partial charge is 0.249 e. The molecular formula is C2H6OS3. The first-order valence-electron chi connectivity index (χ1n) is 1.54. The van der Waals surface area contributed by atoms with Crippen molar-refractivity contribution < 1.29 is 4.21 Å². The maximum atomic E-state index is 9.97. The minimum atomic E-state index is -1.35. The van der Waals surface area contributed by atoms with E-state index in [0.717, 1.165) is 5.75 Å². The van der Waals surface area contributed by atoms with Gasteiger partial charge in [-0.05, 0) is 11.2 Å². The molecule has 0 aromatic rings. The van der Waals surface area contributed by atoms with Crippen molar-refractivity contribution in [1.82, 2.24) is 0 Å². The first kappa shape index (κ1) is 6.72. The summed E-state index contributed by atoms with van der Waals surface area (Å²) >= 11 is 4.35. The lowest BCUT2D eigenvalue weighted by Crippen LogP contribution is -1.62. The topological polar surface area (TPSA) is 17.1 Å². The molecule has 0 aromatic carbocycles. The lowest BCUT2D eigenvalue weighted by molar-refractivity contribution is 0.700. The van der Waals surface area contributed by atoms with Gasteiger partial charge >= 0.3 is 0 Å². The van der Waals surface area contributed by atoms with Crippen LogP contribution in [0, 0.1) is 0 Å². The highest BCUT2D eigenvalue weighted by Gasteiger charge is 1.72. The molecule has 0 aliphatic carbocycles. The van der Waals surface area contributed by atoms with Crippen LogP contribution in [0.4, 0.5) is 0 Å². The molecule has 0 amide bonds. The first-order valence-corrected chi connectivity index (χ1v) is 5.41. The van der Waals surface area contributed by atoms with Crippen LogP contribution in [0.15, 0.2) is 0 Å². The van der Waals surface area contributed by atoms with E-state index < -0.39 is 8.39 Å². The fraction of sp³-hybridized carbons (Fsp3) is 1.00. The monoisotopic (exact) mass is 142 g/mol. The molecular weight excluding hydrogens is 136 g/mol. The van der Waals surface area contributed by atoms with E-state index in [4.69, 9.17) is 0 Å². The van der Waals surface area contributed by atoms with Gasteiger partial charge in [-0.25, -0.2) is 4.21 Å². The van der Waals surface area contributed by atoms with Gasteiger partial charge in [0.25, 0.3) is 0 Å². The van der Waals surface area contributed by atoms with E-state index in [1.54, 1.807) is 0 Å². The molecule has 1 atom stereocenters. The predicted molar refractivity (Wildman–Crippen MR) is 35.0 cm³/mol. The molecule has 0 aromatic heterocycles. The van der Waals surface area contributed by atoms with Crippen molar-refractivity contribution in [1.29, 1.82) is 0 Å². The van der Waals surface area contributed by atoms with Crippen LogP contribution in [-0.4, -0.2) is 9.96 Å². The highest BCUT2D eigenvalue weighted by atomic mass is 33.3. The van der Waals surface area contributed by atoms with Gasteiger partial charge < -0.3 is 0 Å². The summed E-state index contributed by atoms with van der Waals surface area (Å²) in [5.74, 6) is 0.860. The van der Waals surface area contributed by atoms with E-state index in [1.165, 1.54) is 10.8 Å². The molecule has 0 bridgehead atoms. The third kappa shape index (κ3) is 4.72. The first-order chi connectivity index (χ1) is 2.77. The summed E-state index contributed by atoms with van der Waals surface area (Å²) in [6.45, 7) is 1.93. The molecule has 6 heavy (non-hydrogen) atoms. The van der Waals surface area contributed by atoms with E-state index in [0.29, 0.717) is 0 Å². The van der Waals surface area contributed by atoms with Crippen LogP contribution in [0.25, 0.3) is 0 Å². The summed E-state index contributed by atoms with van der Waals surface area (Å²) in [5, 5.41) is 0. The van der Waals surface area contributed by atoms with Gasteiger partial charge in [-0.15, -0.1) is 0 Å². The average Bonchev–Trinajstić information content (AvgIpc) is 1.35.